The van der Waals surface area contributed by atoms with E-state index in [0.29, 0.717) is 22.7 Å². The van der Waals surface area contributed by atoms with E-state index in [4.69, 9.17) is 14.6 Å². The number of hydrogen-bond donors (Lipinski definition) is 2. The van der Waals surface area contributed by atoms with E-state index in [0.717, 1.165) is 11.6 Å². The Morgan fingerprint density at radius 3 is 2.67 bits per heavy atom. The summed E-state index contributed by atoms with van der Waals surface area (Å²) >= 11 is 0. The fourth-order valence-electron chi connectivity index (χ4n) is 2.24. The molecule has 0 unspecified atom stereocenters. The second-order valence-electron chi connectivity index (χ2n) is 5.45. The van der Waals surface area contributed by atoms with Crippen LogP contribution >= 0.6 is 0 Å². The summed E-state index contributed by atoms with van der Waals surface area (Å²) in [4.78, 5) is 16.4. The smallest absolute Gasteiger partial charge is 0.423 e. The number of hydrogen-bond acceptors (Lipinski definition) is 7. The first-order valence-electron chi connectivity index (χ1n) is 7.27. The molecule has 0 aliphatic rings. The maximum Gasteiger partial charge on any atom is 0.490 e. The molecule has 0 saturated heterocycles. The predicted octanol–water partition coefficient (Wildman–Crippen LogP) is -0.362. The molecule has 0 radical (unpaired) electrons. The number of pyridine rings is 1. The van der Waals surface area contributed by atoms with Gasteiger partial charge in [-0.25, -0.2) is 4.68 Å². The topological polar surface area (TPSA) is 114 Å². The second kappa shape index (κ2) is 6.38. The summed E-state index contributed by atoms with van der Waals surface area (Å²) in [7, 11) is -1.73. The van der Waals surface area contributed by atoms with Crippen LogP contribution < -0.4 is 11.0 Å². The van der Waals surface area contributed by atoms with E-state index in [9.17, 15) is 4.79 Å². The van der Waals surface area contributed by atoms with E-state index in [1.807, 2.05) is 19.1 Å². The molecular formula is C15H15BN4O4. The Hall–Kier alpha value is -2.78. The standard InChI is InChI=1S/C15H15BN4O4/c1-9-3-4-13(17-6-9)15-12(10(2)24-19-15)8-20-14(21)5-11(7-18-20)16(22)23/h3-7,22-23H,8H2,1-2H3. The van der Waals surface area contributed by atoms with Crippen molar-refractivity contribution >= 4 is 12.6 Å². The Balaban J connectivity index is 1.98. The summed E-state index contributed by atoms with van der Waals surface area (Å²) in [5.41, 5.74) is 2.49. The van der Waals surface area contributed by atoms with Crippen LogP contribution in [0.3, 0.4) is 0 Å². The zero-order valence-corrected chi connectivity index (χ0v) is 13.2. The van der Waals surface area contributed by atoms with Gasteiger partial charge in [-0.3, -0.25) is 9.78 Å². The monoisotopic (exact) mass is 326 g/mol. The van der Waals surface area contributed by atoms with Crippen molar-refractivity contribution in [3.05, 3.63) is 57.8 Å². The fraction of sp³-hybridized carbons (Fsp3) is 0.200. The molecule has 24 heavy (non-hydrogen) atoms. The number of aryl methyl sites for hydroxylation is 2. The van der Waals surface area contributed by atoms with Crippen molar-refractivity contribution in [2.75, 3.05) is 0 Å². The van der Waals surface area contributed by atoms with Gasteiger partial charge in [0.05, 0.1) is 12.2 Å². The highest BCUT2D eigenvalue weighted by Crippen LogP contribution is 2.24. The number of nitrogens with zero attached hydrogens (tertiary/aromatic N) is 4. The van der Waals surface area contributed by atoms with Gasteiger partial charge >= 0.3 is 7.12 Å². The van der Waals surface area contributed by atoms with Crippen LogP contribution in [0, 0.1) is 13.8 Å². The first-order valence-corrected chi connectivity index (χ1v) is 7.27. The van der Waals surface area contributed by atoms with Gasteiger partial charge in [-0.2, -0.15) is 5.10 Å². The van der Waals surface area contributed by atoms with Crippen molar-refractivity contribution in [2.24, 2.45) is 0 Å². The van der Waals surface area contributed by atoms with Crippen molar-refractivity contribution in [3.63, 3.8) is 0 Å². The summed E-state index contributed by atoms with van der Waals surface area (Å²) in [5.74, 6) is 0.562. The van der Waals surface area contributed by atoms with Gasteiger partial charge in [0, 0.05) is 29.5 Å². The molecule has 3 aromatic rings. The molecule has 0 bridgehead atoms. The van der Waals surface area contributed by atoms with Crippen LogP contribution in [0.1, 0.15) is 16.9 Å². The van der Waals surface area contributed by atoms with Gasteiger partial charge in [0.25, 0.3) is 5.56 Å². The van der Waals surface area contributed by atoms with Gasteiger partial charge in [0.15, 0.2) is 0 Å². The van der Waals surface area contributed by atoms with Crippen LogP contribution in [-0.2, 0) is 6.54 Å². The summed E-state index contributed by atoms with van der Waals surface area (Å²) < 4.78 is 6.44. The lowest BCUT2D eigenvalue weighted by molar-refractivity contribution is 0.397. The molecule has 0 aromatic carbocycles. The molecule has 0 fully saturated rings. The molecular weight excluding hydrogens is 311 g/mol. The van der Waals surface area contributed by atoms with E-state index in [1.165, 1.54) is 10.9 Å². The minimum Gasteiger partial charge on any atom is -0.423 e. The molecule has 8 nitrogen and oxygen atoms in total. The molecule has 3 rings (SSSR count). The largest absolute Gasteiger partial charge is 0.490 e. The Morgan fingerprint density at radius 2 is 2.04 bits per heavy atom. The molecule has 0 aliphatic carbocycles. The molecule has 2 N–H and O–H groups in total. The van der Waals surface area contributed by atoms with Crippen molar-refractivity contribution in [3.8, 4) is 11.4 Å². The van der Waals surface area contributed by atoms with E-state index >= 15 is 0 Å². The average Bonchev–Trinajstić information content (AvgIpc) is 2.91. The Labute approximate surface area is 137 Å². The highest BCUT2D eigenvalue weighted by Gasteiger charge is 2.18. The lowest BCUT2D eigenvalue weighted by Gasteiger charge is -2.06. The highest BCUT2D eigenvalue weighted by molar-refractivity contribution is 6.58. The lowest BCUT2D eigenvalue weighted by atomic mass is 9.82. The second-order valence-corrected chi connectivity index (χ2v) is 5.45. The van der Waals surface area contributed by atoms with Crippen LogP contribution in [0.2, 0.25) is 0 Å². The molecule has 9 heteroatoms. The molecule has 0 amide bonds. The molecule has 3 heterocycles. The van der Waals surface area contributed by atoms with Gasteiger partial charge in [0.1, 0.15) is 11.5 Å². The highest BCUT2D eigenvalue weighted by atomic mass is 16.5. The van der Waals surface area contributed by atoms with E-state index in [2.05, 4.69) is 15.2 Å². The van der Waals surface area contributed by atoms with Gasteiger partial charge in [-0.1, -0.05) is 11.2 Å². The third-order valence-electron chi connectivity index (χ3n) is 3.64. The fourth-order valence-corrected chi connectivity index (χ4v) is 2.24. The first-order chi connectivity index (χ1) is 11.5. The number of rotatable bonds is 4. The van der Waals surface area contributed by atoms with Gasteiger partial charge in [0.2, 0.25) is 0 Å². The van der Waals surface area contributed by atoms with Crippen LogP contribution in [0.5, 0.6) is 0 Å². The quantitative estimate of drug-likeness (QED) is 0.629. The summed E-state index contributed by atoms with van der Waals surface area (Å²) in [6.45, 7) is 3.82. The van der Waals surface area contributed by atoms with Crippen molar-refractivity contribution in [2.45, 2.75) is 20.4 Å². The van der Waals surface area contributed by atoms with Crippen molar-refractivity contribution < 1.29 is 14.6 Å². The molecule has 0 saturated carbocycles. The first kappa shape index (κ1) is 16.1. The summed E-state index contributed by atoms with van der Waals surface area (Å²) in [5, 5.41) is 26.2. The van der Waals surface area contributed by atoms with Crippen LogP contribution in [0.25, 0.3) is 11.4 Å². The average molecular weight is 326 g/mol. The van der Waals surface area contributed by atoms with Crippen LogP contribution in [0.4, 0.5) is 0 Å². The molecule has 122 valence electrons. The van der Waals surface area contributed by atoms with Crippen LogP contribution in [-0.4, -0.2) is 37.1 Å². The molecule has 3 aromatic heterocycles. The SMILES string of the molecule is Cc1ccc(-c2noc(C)c2Cn2ncc(B(O)O)cc2=O)nc1. The van der Waals surface area contributed by atoms with E-state index in [1.54, 1.807) is 13.1 Å². The lowest BCUT2D eigenvalue weighted by Crippen LogP contribution is -2.36. The molecule has 0 spiro atoms. The zero-order chi connectivity index (χ0) is 17.3. The Kier molecular flexibility index (Phi) is 4.28. The summed E-state index contributed by atoms with van der Waals surface area (Å²) in [6, 6.07) is 4.87. The minimum atomic E-state index is -1.73. The summed E-state index contributed by atoms with van der Waals surface area (Å²) in [6.07, 6.45) is 2.96. The maximum atomic E-state index is 12.1. The molecule has 0 aliphatic heterocycles. The predicted molar refractivity (Wildman–Crippen MR) is 86.6 cm³/mol. The van der Waals surface area contributed by atoms with Gasteiger partial charge in [-0.15, -0.1) is 0 Å². The van der Waals surface area contributed by atoms with Gasteiger partial charge < -0.3 is 14.6 Å². The van der Waals surface area contributed by atoms with E-state index in [-0.39, 0.29) is 12.0 Å². The minimum absolute atomic E-state index is 0.0405. The van der Waals surface area contributed by atoms with E-state index < -0.39 is 12.7 Å². The normalized spacial score (nSPS) is 10.8. The maximum absolute atomic E-state index is 12.1. The van der Waals surface area contributed by atoms with Crippen LogP contribution in [0.15, 0.2) is 39.9 Å². The van der Waals surface area contributed by atoms with Crippen molar-refractivity contribution in [1.82, 2.24) is 19.9 Å². The zero-order valence-electron chi connectivity index (χ0n) is 13.2. The van der Waals surface area contributed by atoms with Gasteiger partial charge in [-0.05, 0) is 25.5 Å². The third kappa shape index (κ3) is 3.12. The third-order valence-corrected chi connectivity index (χ3v) is 3.64. The Bertz CT molecular complexity index is 918. The number of aromatic nitrogens is 4. The molecule has 0 atom stereocenters. The Morgan fingerprint density at radius 1 is 1.25 bits per heavy atom. The van der Waals surface area contributed by atoms with Crippen molar-refractivity contribution in [1.29, 1.82) is 0 Å².